The number of pyridine rings is 1. The lowest BCUT2D eigenvalue weighted by Gasteiger charge is -2.40. The quantitative estimate of drug-likeness (QED) is 0.295. The maximum atomic E-state index is 14.6. The molecular weight excluding hydrogens is 506 g/mol. The molecule has 4 rings (SSSR count). The summed E-state index contributed by atoms with van der Waals surface area (Å²) in [6.07, 6.45) is 4.23. The van der Waals surface area contributed by atoms with Crippen LogP contribution in [-0.4, -0.2) is 45.8 Å². The van der Waals surface area contributed by atoms with Crippen molar-refractivity contribution in [2.75, 3.05) is 18.4 Å². The summed E-state index contributed by atoms with van der Waals surface area (Å²) in [5.74, 6) is -6.54. The zero-order chi connectivity index (χ0) is 25.2. The van der Waals surface area contributed by atoms with Gasteiger partial charge in [0, 0.05) is 37.7 Å². The van der Waals surface area contributed by atoms with E-state index in [9.17, 15) is 27.6 Å². The fourth-order valence-corrected chi connectivity index (χ4v) is 3.78. The van der Waals surface area contributed by atoms with Crippen LogP contribution >= 0.6 is 12.4 Å². The lowest BCUT2D eigenvalue weighted by atomic mass is 9.87. The number of halogens is 5. The van der Waals surface area contributed by atoms with Gasteiger partial charge >= 0.3 is 0 Å². The highest BCUT2D eigenvalue weighted by Gasteiger charge is 2.46. The minimum absolute atomic E-state index is 0. The van der Waals surface area contributed by atoms with Crippen LogP contribution in [0.15, 0.2) is 55.1 Å². The van der Waals surface area contributed by atoms with Crippen molar-refractivity contribution < 1.29 is 31.8 Å². The van der Waals surface area contributed by atoms with Crippen LogP contribution in [0.4, 0.5) is 23.4 Å². The highest BCUT2D eigenvalue weighted by molar-refractivity contribution is 5.93. The molecule has 0 unspecified atom stereocenters. The Hall–Kier alpha value is -3.51. The van der Waals surface area contributed by atoms with Gasteiger partial charge in [-0.3, -0.25) is 9.69 Å². The molecule has 0 saturated carbocycles. The number of likely N-dealkylation sites (tertiary alicyclic amines) is 1. The van der Waals surface area contributed by atoms with Gasteiger partial charge in [-0.2, -0.15) is 4.73 Å². The average Bonchev–Trinajstić information content (AvgIpc) is 2.82. The maximum Gasteiger partial charge on any atom is 0.257 e. The van der Waals surface area contributed by atoms with E-state index in [1.807, 2.05) is 0 Å². The summed E-state index contributed by atoms with van der Waals surface area (Å²) >= 11 is 0. The smallest absolute Gasteiger partial charge is 0.257 e. The lowest BCUT2D eigenvalue weighted by molar-refractivity contribution is -0.605. The van der Waals surface area contributed by atoms with E-state index in [0.29, 0.717) is 16.4 Å². The average molecular weight is 528 g/mol. The first-order chi connectivity index (χ1) is 16.6. The molecule has 1 aromatic carbocycles. The molecule has 1 N–H and O–H groups in total. The van der Waals surface area contributed by atoms with Crippen molar-refractivity contribution >= 4 is 24.1 Å². The third-order valence-corrected chi connectivity index (χ3v) is 5.80. The summed E-state index contributed by atoms with van der Waals surface area (Å²) in [6, 6.07) is 4.76. The third kappa shape index (κ3) is 6.18. The number of rotatable bonds is 6. The normalized spacial score (nSPS) is 18.1. The largest absolute Gasteiger partial charge is 0.619 e. The van der Waals surface area contributed by atoms with Gasteiger partial charge in [0.05, 0.1) is 24.4 Å². The zero-order valence-electron chi connectivity index (χ0n) is 18.9. The van der Waals surface area contributed by atoms with Gasteiger partial charge in [0.25, 0.3) is 5.92 Å². The Bertz CT molecular complexity index is 1200. The molecule has 8 nitrogen and oxygen atoms in total. The molecule has 1 saturated heterocycles. The number of aromatic nitrogens is 3. The number of carbonyl (C=O) groups is 1. The number of piperidine rings is 1. The van der Waals surface area contributed by atoms with Crippen molar-refractivity contribution in [1.29, 1.82) is 0 Å². The molecule has 3 aromatic rings. The molecule has 2 aromatic heterocycles. The maximum absolute atomic E-state index is 14.6. The number of carbonyl (C=O) groups excluding carboxylic acids is 1. The van der Waals surface area contributed by atoms with Gasteiger partial charge in [-0.1, -0.05) is 0 Å². The van der Waals surface area contributed by atoms with Crippen molar-refractivity contribution in [2.24, 2.45) is 0 Å². The van der Waals surface area contributed by atoms with E-state index in [4.69, 9.17) is 4.74 Å². The van der Waals surface area contributed by atoms with E-state index in [1.54, 1.807) is 11.8 Å². The van der Waals surface area contributed by atoms with Gasteiger partial charge in [0.2, 0.25) is 11.8 Å². The van der Waals surface area contributed by atoms with E-state index >= 15 is 0 Å². The van der Waals surface area contributed by atoms with Crippen molar-refractivity contribution in [3.63, 3.8) is 0 Å². The Labute approximate surface area is 209 Å². The fourth-order valence-electron chi connectivity index (χ4n) is 3.78. The first-order valence-corrected chi connectivity index (χ1v) is 10.7. The van der Waals surface area contributed by atoms with Crippen LogP contribution in [0.1, 0.15) is 24.8 Å². The van der Waals surface area contributed by atoms with Gasteiger partial charge in [-0.05, 0) is 24.6 Å². The molecule has 1 aliphatic heterocycles. The summed E-state index contributed by atoms with van der Waals surface area (Å²) in [5.41, 5.74) is 0.318. The Morgan fingerprint density at radius 2 is 1.94 bits per heavy atom. The fraction of sp³-hybridized carbons (Fsp3) is 0.304. The molecule has 0 aliphatic carbocycles. The Kier molecular flexibility index (Phi) is 8.31. The molecule has 36 heavy (non-hydrogen) atoms. The Morgan fingerprint density at radius 1 is 1.22 bits per heavy atom. The van der Waals surface area contributed by atoms with Gasteiger partial charge in [0.15, 0.2) is 29.8 Å². The standard InChI is InChI=1S/C23H21F4N5O3.ClH/c1-14(31-9-6-23(26,27)17(13-31)15-4-7-32(34)8-5-15)22(33)30-20-11-29-21(12-28-20)35-19-3-2-16(24)10-18(19)25;/h2-5,7-8,10-12,14,17H,6,9,13H2,1H3,(H,28,30,33);1H/t14-,17+;/m0./s1. The topological polar surface area (TPSA) is 94.3 Å². The van der Waals surface area contributed by atoms with Gasteiger partial charge in [-0.25, -0.2) is 27.5 Å². The summed E-state index contributed by atoms with van der Waals surface area (Å²) in [6.45, 7) is 1.52. The van der Waals surface area contributed by atoms with E-state index < -0.39 is 41.8 Å². The van der Waals surface area contributed by atoms with Crippen LogP contribution in [0.25, 0.3) is 0 Å². The Morgan fingerprint density at radius 3 is 2.58 bits per heavy atom. The van der Waals surface area contributed by atoms with E-state index in [1.165, 1.54) is 18.3 Å². The molecule has 0 spiro atoms. The summed E-state index contributed by atoms with van der Waals surface area (Å²) < 4.78 is 61.6. The number of hydrogen-bond acceptors (Lipinski definition) is 6. The second-order valence-electron chi connectivity index (χ2n) is 8.13. The first-order valence-electron chi connectivity index (χ1n) is 10.7. The number of amides is 1. The monoisotopic (exact) mass is 527 g/mol. The third-order valence-electron chi connectivity index (χ3n) is 5.80. The number of alkyl halides is 2. The first kappa shape index (κ1) is 27.1. The molecule has 192 valence electrons. The van der Waals surface area contributed by atoms with Crippen LogP contribution in [0.3, 0.4) is 0 Å². The van der Waals surface area contributed by atoms with Crippen LogP contribution in [0.2, 0.25) is 0 Å². The van der Waals surface area contributed by atoms with Gasteiger partial charge in [0.1, 0.15) is 5.82 Å². The number of hydrogen-bond donors (Lipinski definition) is 1. The molecular formula is C23H22ClF4N5O3. The highest BCUT2D eigenvalue weighted by Crippen LogP contribution is 2.40. The van der Waals surface area contributed by atoms with Crippen LogP contribution in [-0.2, 0) is 4.79 Å². The van der Waals surface area contributed by atoms with Crippen molar-refractivity contribution in [3.8, 4) is 11.6 Å². The predicted molar refractivity (Wildman–Crippen MR) is 123 cm³/mol. The zero-order valence-corrected chi connectivity index (χ0v) is 19.7. The molecule has 1 amide bonds. The van der Waals surface area contributed by atoms with E-state index in [0.717, 1.165) is 30.7 Å². The SMILES string of the molecule is C[C@@H](C(=O)Nc1cnc(Oc2ccc(F)cc2F)cn1)N1CCC(F)(F)[C@@H](c2cc[n+]([O-])cc2)C1.Cl. The number of ether oxygens (including phenoxy) is 1. The number of benzene rings is 1. The van der Waals surface area contributed by atoms with Crippen LogP contribution < -0.4 is 14.8 Å². The molecule has 2 atom stereocenters. The summed E-state index contributed by atoms with van der Waals surface area (Å²) in [7, 11) is 0. The van der Waals surface area contributed by atoms with Crippen LogP contribution in [0.5, 0.6) is 11.6 Å². The molecule has 13 heteroatoms. The minimum Gasteiger partial charge on any atom is -0.619 e. The van der Waals surface area contributed by atoms with Crippen molar-refractivity contribution in [3.05, 3.63) is 77.5 Å². The number of nitrogens with one attached hydrogen (secondary N) is 1. The summed E-state index contributed by atoms with van der Waals surface area (Å²) in [5, 5.41) is 13.8. The molecule has 3 heterocycles. The number of anilines is 1. The van der Waals surface area contributed by atoms with Crippen molar-refractivity contribution in [2.45, 2.75) is 31.2 Å². The molecule has 0 bridgehead atoms. The van der Waals surface area contributed by atoms with Gasteiger partial charge < -0.3 is 15.3 Å². The summed E-state index contributed by atoms with van der Waals surface area (Å²) in [4.78, 5) is 22.3. The van der Waals surface area contributed by atoms with E-state index in [2.05, 4.69) is 15.3 Å². The highest BCUT2D eigenvalue weighted by atomic mass is 35.5. The molecule has 1 fully saturated rings. The molecule has 0 radical (unpaired) electrons. The van der Waals surface area contributed by atoms with E-state index in [-0.39, 0.29) is 42.9 Å². The van der Waals surface area contributed by atoms with Crippen LogP contribution in [0, 0.1) is 16.8 Å². The second-order valence-corrected chi connectivity index (χ2v) is 8.13. The second kappa shape index (κ2) is 11.0. The lowest BCUT2D eigenvalue weighted by Crippen LogP contribution is -2.52. The number of nitrogens with zero attached hydrogens (tertiary/aromatic N) is 4. The molecule has 1 aliphatic rings. The Balaban J connectivity index is 0.00000361. The van der Waals surface area contributed by atoms with Crippen molar-refractivity contribution in [1.82, 2.24) is 14.9 Å². The predicted octanol–water partition coefficient (Wildman–Crippen LogP) is 4.05. The van der Waals surface area contributed by atoms with Gasteiger partial charge in [-0.15, -0.1) is 12.4 Å². The minimum atomic E-state index is -2.98.